The maximum absolute atomic E-state index is 5.47. The molecule has 0 aliphatic rings. The summed E-state index contributed by atoms with van der Waals surface area (Å²) in [6.45, 7) is 4.94. The molecule has 0 saturated carbocycles. The van der Waals surface area contributed by atoms with E-state index in [4.69, 9.17) is 4.42 Å². The van der Waals surface area contributed by atoms with Crippen LogP contribution in [0.3, 0.4) is 0 Å². The first kappa shape index (κ1) is 12.3. The molecule has 0 fully saturated rings. The van der Waals surface area contributed by atoms with Crippen molar-refractivity contribution in [2.75, 3.05) is 0 Å². The van der Waals surface area contributed by atoms with E-state index in [-0.39, 0.29) is 0 Å². The number of hydrogen-bond acceptors (Lipinski definition) is 3. The Morgan fingerprint density at radius 2 is 2.24 bits per heavy atom. The Balaban J connectivity index is 2.24. The molecule has 0 unspecified atom stereocenters. The van der Waals surface area contributed by atoms with Gasteiger partial charge in [-0.05, 0) is 12.1 Å². The van der Waals surface area contributed by atoms with Gasteiger partial charge in [0.25, 0.3) is 0 Å². The largest absolute Gasteiger partial charge is 0.443 e. The van der Waals surface area contributed by atoms with E-state index < -0.39 is 0 Å². The van der Waals surface area contributed by atoms with E-state index in [1.807, 2.05) is 24.3 Å². The fourth-order valence-corrected chi connectivity index (χ4v) is 1.96. The number of halogens is 1. The predicted molar refractivity (Wildman–Crippen MR) is 71.6 cm³/mol. The van der Waals surface area contributed by atoms with Gasteiger partial charge < -0.3 is 9.73 Å². The van der Waals surface area contributed by atoms with Crippen LogP contribution in [0.4, 0.5) is 0 Å². The summed E-state index contributed by atoms with van der Waals surface area (Å²) in [6.07, 6.45) is 1.49. The Morgan fingerprint density at radius 1 is 1.41 bits per heavy atom. The summed E-state index contributed by atoms with van der Waals surface area (Å²) >= 11 is 3.46. The highest BCUT2D eigenvalue weighted by Crippen LogP contribution is 2.25. The number of oxazole rings is 1. The van der Waals surface area contributed by atoms with E-state index in [9.17, 15) is 0 Å². The number of hydrogen-bond donors (Lipinski definition) is 1. The number of rotatable bonds is 4. The lowest BCUT2D eigenvalue weighted by molar-refractivity contribution is 0.563. The van der Waals surface area contributed by atoms with Gasteiger partial charge in [-0.1, -0.05) is 41.9 Å². The van der Waals surface area contributed by atoms with E-state index in [0.29, 0.717) is 6.04 Å². The normalized spacial score (nSPS) is 11.1. The molecule has 17 heavy (non-hydrogen) atoms. The van der Waals surface area contributed by atoms with Gasteiger partial charge in [0, 0.05) is 22.6 Å². The molecule has 0 aliphatic heterocycles. The Labute approximate surface area is 109 Å². The Hall–Kier alpha value is -1.13. The summed E-state index contributed by atoms with van der Waals surface area (Å²) < 4.78 is 6.50. The molecule has 4 heteroatoms. The zero-order chi connectivity index (χ0) is 12.3. The molecule has 0 spiro atoms. The zero-order valence-electron chi connectivity index (χ0n) is 9.90. The van der Waals surface area contributed by atoms with Gasteiger partial charge in [-0.2, -0.15) is 0 Å². The second-order valence-corrected chi connectivity index (χ2v) is 5.09. The minimum Gasteiger partial charge on any atom is -0.443 e. The van der Waals surface area contributed by atoms with Crippen molar-refractivity contribution >= 4 is 15.9 Å². The van der Waals surface area contributed by atoms with Gasteiger partial charge >= 0.3 is 0 Å². The van der Waals surface area contributed by atoms with Gasteiger partial charge in [-0.25, -0.2) is 4.98 Å². The molecule has 1 aromatic heterocycles. The Morgan fingerprint density at radius 3 is 2.94 bits per heavy atom. The van der Waals surface area contributed by atoms with Crippen molar-refractivity contribution in [1.29, 1.82) is 0 Å². The molecule has 1 heterocycles. The van der Waals surface area contributed by atoms with Gasteiger partial charge in [-0.15, -0.1) is 0 Å². The van der Waals surface area contributed by atoms with E-state index in [0.717, 1.165) is 28.0 Å². The van der Waals surface area contributed by atoms with Crippen LogP contribution in [-0.2, 0) is 6.54 Å². The lowest BCUT2D eigenvalue weighted by Crippen LogP contribution is -2.22. The van der Waals surface area contributed by atoms with Gasteiger partial charge in [-0.3, -0.25) is 0 Å². The third-order valence-corrected chi connectivity index (χ3v) is 2.90. The highest BCUT2D eigenvalue weighted by Gasteiger charge is 2.10. The molecule has 0 saturated heterocycles. The molecule has 2 rings (SSSR count). The number of aromatic nitrogens is 1. The lowest BCUT2D eigenvalue weighted by Gasteiger charge is -2.07. The maximum Gasteiger partial charge on any atom is 0.181 e. The molecule has 0 aliphatic carbocycles. The first-order chi connectivity index (χ1) is 8.16. The van der Waals surface area contributed by atoms with Crippen molar-refractivity contribution in [3.63, 3.8) is 0 Å². The van der Waals surface area contributed by atoms with Crippen LogP contribution < -0.4 is 5.32 Å². The summed E-state index contributed by atoms with van der Waals surface area (Å²) in [7, 11) is 0. The fraction of sp³-hybridized carbons (Fsp3) is 0.308. The summed E-state index contributed by atoms with van der Waals surface area (Å²) in [5.41, 5.74) is 1.98. The second kappa shape index (κ2) is 5.47. The molecule has 0 amide bonds. The number of nitrogens with one attached hydrogen (secondary N) is 1. The first-order valence-corrected chi connectivity index (χ1v) is 6.38. The van der Waals surface area contributed by atoms with Crippen molar-refractivity contribution in [2.24, 2.45) is 0 Å². The van der Waals surface area contributed by atoms with Crippen molar-refractivity contribution in [3.05, 3.63) is 40.8 Å². The first-order valence-electron chi connectivity index (χ1n) is 5.58. The molecule has 1 aromatic carbocycles. The van der Waals surface area contributed by atoms with Gasteiger partial charge in [0.2, 0.25) is 0 Å². The van der Waals surface area contributed by atoms with Crippen LogP contribution >= 0.6 is 15.9 Å². The monoisotopic (exact) mass is 294 g/mol. The van der Waals surface area contributed by atoms with Crippen molar-refractivity contribution in [1.82, 2.24) is 10.3 Å². The minimum absolute atomic E-state index is 0.432. The van der Waals surface area contributed by atoms with Crippen LogP contribution in [0.2, 0.25) is 0 Å². The third-order valence-electron chi connectivity index (χ3n) is 2.41. The van der Waals surface area contributed by atoms with Gasteiger partial charge in [0.15, 0.2) is 12.2 Å². The van der Waals surface area contributed by atoms with Crippen molar-refractivity contribution in [3.8, 4) is 11.3 Å². The van der Waals surface area contributed by atoms with Crippen LogP contribution in [0.15, 0.2) is 39.5 Å². The fourth-order valence-electron chi connectivity index (χ4n) is 1.56. The molecule has 2 aromatic rings. The van der Waals surface area contributed by atoms with E-state index in [2.05, 4.69) is 40.1 Å². The third kappa shape index (κ3) is 3.17. The molecule has 0 radical (unpaired) electrons. The van der Waals surface area contributed by atoms with Crippen LogP contribution in [-0.4, -0.2) is 11.0 Å². The highest BCUT2D eigenvalue weighted by molar-refractivity contribution is 9.10. The van der Waals surface area contributed by atoms with E-state index in [1.54, 1.807) is 0 Å². The summed E-state index contributed by atoms with van der Waals surface area (Å²) in [5, 5.41) is 3.34. The van der Waals surface area contributed by atoms with E-state index in [1.165, 1.54) is 6.39 Å². The van der Waals surface area contributed by atoms with Crippen molar-refractivity contribution in [2.45, 2.75) is 26.4 Å². The second-order valence-electron chi connectivity index (χ2n) is 4.17. The Kier molecular flexibility index (Phi) is 3.97. The van der Waals surface area contributed by atoms with Crippen LogP contribution in [0.1, 0.15) is 19.5 Å². The van der Waals surface area contributed by atoms with Gasteiger partial charge in [0.1, 0.15) is 5.69 Å². The topological polar surface area (TPSA) is 38.1 Å². The predicted octanol–water partition coefficient (Wildman–Crippen LogP) is 3.60. The molecule has 3 nitrogen and oxygen atoms in total. The molecule has 0 atom stereocenters. The lowest BCUT2D eigenvalue weighted by atomic mass is 10.1. The maximum atomic E-state index is 5.47. The van der Waals surface area contributed by atoms with E-state index >= 15 is 0 Å². The SMILES string of the molecule is CC(C)NCc1ncoc1-c1cccc(Br)c1. The van der Waals surface area contributed by atoms with Crippen LogP contribution in [0.5, 0.6) is 0 Å². The highest BCUT2D eigenvalue weighted by atomic mass is 79.9. The quantitative estimate of drug-likeness (QED) is 0.936. The summed E-state index contributed by atoms with van der Waals surface area (Å²) in [4.78, 5) is 4.25. The number of benzene rings is 1. The van der Waals surface area contributed by atoms with Crippen LogP contribution in [0.25, 0.3) is 11.3 Å². The average molecular weight is 295 g/mol. The van der Waals surface area contributed by atoms with Gasteiger partial charge in [0.05, 0.1) is 0 Å². The van der Waals surface area contributed by atoms with Crippen LogP contribution in [0, 0.1) is 0 Å². The van der Waals surface area contributed by atoms with Crippen molar-refractivity contribution < 1.29 is 4.42 Å². The molecule has 1 N–H and O–H groups in total. The summed E-state index contributed by atoms with van der Waals surface area (Å²) in [6, 6.07) is 8.46. The molecular formula is C13H15BrN2O. The zero-order valence-corrected chi connectivity index (χ0v) is 11.5. The average Bonchev–Trinajstić information content (AvgIpc) is 2.74. The smallest absolute Gasteiger partial charge is 0.181 e. The molecule has 90 valence electrons. The minimum atomic E-state index is 0.432. The summed E-state index contributed by atoms with van der Waals surface area (Å²) in [5.74, 6) is 0.833. The molecular weight excluding hydrogens is 280 g/mol. The standard InChI is InChI=1S/C13H15BrN2O/c1-9(2)15-7-12-13(17-8-16-12)10-4-3-5-11(14)6-10/h3-6,8-9,15H,7H2,1-2H3. The number of nitrogens with zero attached hydrogens (tertiary/aromatic N) is 1. The Bertz CT molecular complexity index is 494. The molecule has 0 bridgehead atoms.